The molecule has 0 bridgehead atoms. The van der Waals surface area contributed by atoms with Crippen LogP contribution in [0.3, 0.4) is 0 Å². The van der Waals surface area contributed by atoms with Gasteiger partial charge in [0.05, 0.1) is 24.0 Å². The van der Waals surface area contributed by atoms with Crippen LogP contribution >= 0.6 is 0 Å². The maximum absolute atomic E-state index is 13.5. The Kier molecular flexibility index (Phi) is 5.45. The van der Waals surface area contributed by atoms with Crippen molar-refractivity contribution in [1.82, 2.24) is 25.0 Å². The lowest BCUT2D eigenvalue weighted by Gasteiger charge is -2.30. The van der Waals surface area contributed by atoms with Gasteiger partial charge in [0.2, 0.25) is 0 Å². The zero-order valence-corrected chi connectivity index (χ0v) is 14.1. The van der Waals surface area contributed by atoms with Crippen LogP contribution in [0.2, 0.25) is 0 Å². The summed E-state index contributed by atoms with van der Waals surface area (Å²) in [5, 5.41) is 15.9. The van der Waals surface area contributed by atoms with E-state index in [1.807, 2.05) is 0 Å². The molecule has 0 saturated carbocycles. The molecule has 3 heterocycles. The molecule has 9 heteroatoms. The molecular formula is C17H20FN5O3. The monoisotopic (exact) mass is 361 g/mol. The fraction of sp³-hybridized carbons (Fsp3) is 0.412. The first kappa shape index (κ1) is 17.8. The van der Waals surface area contributed by atoms with Gasteiger partial charge in [0.1, 0.15) is 5.82 Å². The van der Waals surface area contributed by atoms with Gasteiger partial charge < -0.3 is 15.3 Å². The minimum absolute atomic E-state index is 0.00706. The minimum Gasteiger partial charge on any atom is -0.465 e. The van der Waals surface area contributed by atoms with Gasteiger partial charge in [-0.2, -0.15) is 5.10 Å². The second-order valence-electron chi connectivity index (χ2n) is 6.30. The molecule has 2 amide bonds. The van der Waals surface area contributed by atoms with E-state index in [2.05, 4.69) is 15.4 Å². The van der Waals surface area contributed by atoms with E-state index in [9.17, 15) is 14.0 Å². The van der Waals surface area contributed by atoms with Crippen LogP contribution < -0.4 is 5.32 Å². The molecule has 0 aliphatic carbocycles. The van der Waals surface area contributed by atoms with E-state index in [-0.39, 0.29) is 24.1 Å². The highest BCUT2D eigenvalue weighted by Crippen LogP contribution is 2.18. The highest BCUT2D eigenvalue weighted by Gasteiger charge is 2.23. The molecule has 138 valence electrons. The normalized spacial score (nSPS) is 17.1. The molecule has 0 aromatic carbocycles. The Bertz CT molecular complexity index is 794. The van der Waals surface area contributed by atoms with E-state index in [1.165, 1.54) is 29.4 Å². The van der Waals surface area contributed by atoms with E-state index >= 15 is 0 Å². The summed E-state index contributed by atoms with van der Waals surface area (Å²) in [4.78, 5) is 28.5. The highest BCUT2D eigenvalue weighted by molar-refractivity contribution is 5.93. The van der Waals surface area contributed by atoms with E-state index in [0.717, 1.165) is 12.8 Å². The maximum atomic E-state index is 13.5. The molecule has 2 aromatic rings. The fourth-order valence-electron chi connectivity index (χ4n) is 3.05. The number of nitrogens with zero attached hydrogens (tertiary/aromatic N) is 4. The van der Waals surface area contributed by atoms with Crippen LogP contribution in [0.15, 0.2) is 30.7 Å². The predicted molar refractivity (Wildman–Crippen MR) is 89.9 cm³/mol. The molecule has 3 rings (SSSR count). The molecule has 1 fully saturated rings. The number of halogens is 1. The topological polar surface area (TPSA) is 100 Å². The Morgan fingerprint density at radius 1 is 1.42 bits per heavy atom. The Labute approximate surface area is 149 Å². The summed E-state index contributed by atoms with van der Waals surface area (Å²) >= 11 is 0. The Balaban J connectivity index is 1.54. The van der Waals surface area contributed by atoms with Crippen molar-refractivity contribution >= 4 is 12.0 Å². The third-order valence-corrected chi connectivity index (χ3v) is 4.38. The number of piperidine rings is 1. The first-order chi connectivity index (χ1) is 12.5. The summed E-state index contributed by atoms with van der Waals surface area (Å²) in [5.74, 6) is -0.667. The number of likely N-dealkylation sites (tertiary alicyclic amines) is 1. The van der Waals surface area contributed by atoms with Crippen LogP contribution in [0.4, 0.5) is 9.18 Å². The first-order valence-corrected chi connectivity index (χ1v) is 8.41. The van der Waals surface area contributed by atoms with Crippen LogP contribution in [0, 0.1) is 11.7 Å². The first-order valence-electron chi connectivity index (χ1n) is 8.41. The quantitative estimate of drug-likeness (QED) is 0.845. The smallest absolute Gasteiger partial charge is 0.407 e. The molecule has 1 unspecified atom stereocenters. The number of carbonyl (C=O) groups is 2. The van der Waals surface area contributed by atoms with Crippen molar-refractivity contribution in [3.05, 3.63) is 47.8 Å². The van der Waals surface area contributed by atoms with Gasteiger partial charge >= 0.3 is 6.09 Å². The molecule has 2 aromatic heterocycles. The van der Waals surface area contributed by atoms with E-state index in [1.54, 1.807) is 10.9 Å². The van der Waals surface area contributed by atoms with Crippen molar-refractivity contribution in [1.29, 1.82) is 0 Å². The summed E-state index contributed by atoms with van der Waals surface area (Å²) in [6, 6.07) is 2.78. The summed E-state index contributed by atoms with van der Waals surface area (Å²) in [7, 11) is 0. The molecule has 0 spiro atoms. The van der Waals surface area contributed by atoms with Gasteiger partial charge in [-0.25, -0.2) is 9.18 Å². The maximum Gasteiger partial charge on any atom is 0.407 e. The largest absolute Gasteiger partial charge is 0.465 e. The fourth-order valence-corrected chi connectivity index (χ4v) is 3.05. The van der Waals surface area contributed by atoms with Gasteiger partial charge in [0, 0.05) is 32.0 Å². The Morgan fingerprint density at radius 2 is 2.27 bits per heavy atom. The third kappa shape index (κ3) is 4.35. The Morgan fingerprint density at radius 3 is 3.04 bits per heavy atom. The number of pyridine rings is 1. The van der Waals surface area contributed by atoms with E-state index < -0.39 is 11.9 Å². The van der Waals surface area contributed by atoms with E-state index in [4.69, 9.17) is 5.11 Å². The van der Waals surface area contributed by atoms with Crippen LogP contribution in [0.25, 0.3) is 0 Å². The van der Waals surface area contributed by atoms with Gasteiger partial charge in [-0.05, 0) is 30.9 Å². The van der Waals surface area contributed by atoms with Crippen molar-refractivity contribution in [3.8, 4) is 0 Å². The number of aromatic nitrogens is 3. The molecule has 1 atom stereocenters. The predicted octanol–water partition coefficient (Wildman–Crippen LogP) is 1.74. The van der Waals surface area contributed by atoms with Gasteiger partial charge in [-0.15, -0.1) is 0 Å². The molecular weight excluding hydrogens is 341 g/mol. The lowest BCUT2D eigenvalue weighted by atomic mass is 9.98. The number of amides is 2. The zero-order valence-electron chi connectivity index (χ0n) is 14.1. The molecule has 8 nitrogen and oxygen atoms in total. The summed E-state index contributed by atoms with van der Waals surface area (Å²) in [5.41, 5.74) is 0.538. The molecule has 1 aliphatic rings. The van der Waals surface area contributed by atoms with Crippen molar-refractivity contribution in [3.63, 3.8) is 0 Å². The number of hydrogen-bond donors (Lipinski definition) is 2. The van der Waals surface area contributed by atoms with Crippen LogP contribution in [-0.2, 0) is 13.1 Å². The number of nitrogens with one attached hydrogen (secondary N) is 1. The second-order valence-corrected chi connectivity index (χ2v) is 6.30. The number of hydrogen-bond acceptors (Lipinski definition) is 4. The number of carboxylic acid groups (broad SMARTS) is 1. The SMILES string of the molecule is O=C(NCc1ncccc1F)c1cnn(CC2CCCN(C(=O)O)C2)c1. The van der Waals surface area contributed by atoms with Crippen molar-refractivity contribution in [2.75, 3.05) is 13.1 Å². The van der Waals surface area contributed by atoms with Crippen LogP contribution in [0.1, 0.15) is 28.9 Å². The molecule has 1 aliphatic heterocycles. The lowest BCUT2D eigenvalue weighted by Crippen LogP contribution is -2.40. The zero-order chi connectivity index (χ0) is 18.5. The Hall–Kier alpha value is -2.97. The molecule has 26 heavy (non-hydrogen) atoms. The van der Waals surface area contributed by atoms with Crippen molar-refractivity contribution in [2.24, 2.45) is 5.92 Å². The van der Waals surface area contributed by atoms with Gasteiger partial charge in [-0.1, -0.05) is 0 Å². The van der Waals surface area contributed by atoms with Crippen molar-refractivity contribution < 1.29 is 19.1 Å². The third-order valence-electron chi connectivity index (χ3n) is 4.38. The average molecular weight is 361 g/mol. The van der Waals surface area contributed by atoms with Crippen LogP contribution in [0.5, 0.6) is 0 Å². The average Bonchev–Trinajstić information content (AvgIpc) is 3.09. The van der Waals surface area contributed by atoms with E-state index in [0.29, 0.717) is 25.2 Å². The highest BCUT2D eigenvalue weighted by atomic mass is 19.1. The summed E-state index contributed by atoms with van der Waals surface area (Å²) in [6.07, 6.45) is 5.36. The standard InChI is InChI=1S/C17H20FN5O3/c18-14-4-1-5-19-15(14)8-20-16(24)13-7-21-23(11-13)10-12-3-2-6-22(9-12)17(25)26/h1,4-5,7,11-12H,2-3,6,8-10H2,(H,20,24)(H,25,26). The lowest BCUT2D eigenvalue weighted by molar-refractivity contribution is 0.0950. The molecule has 0 radical (unpaired) electrons. The summed E-state index contributed by atoms with van der Waals surface area (Å²) < 4.78 is 15.2. The molecule has 1 saturated heterocycles. The minimum atomic E-state index is -0.906. The number of rotatable bonds is 5. The van der Waals surface area contributed by atoms with Gasteiger partial charge in [0.25, 0.3) is 5.91 Å². The summed E-state index contributed by atoms with van der Waals surface area (Å²) in [6.45, 7) is 1.57. The van der Waals surface area contributed by atoms with Crippen molar-refractivity contribution in [2.45, 2.75) is 25.9 Å². The van der Waals surface area contributed by atoms with Gasteiger partial charge in [0.15, 0.2) is 0 Å². The second kappa shape index (κ2) is 7.94. The van der Waals surface area contributed by atoms with Crippen LogP contribution in [-0.4, -0.2) is 49.9 Å². The number of carbonyl (C=O) groups excluding carboxylic acids is 1. The van der Waals surface area contributed by atoms with Gasteiger partial charge in [-0.3, -0.25) is 14.5 Å². The molecule has 2 N–H and O–H groups in total.